The third kappa shape index (κ3) is 2.34. The number of nitrogens with one attached hydrogen (secondary N) is 1. The molecule has 1 N–H and O–H groups in total. The zero-order valence-corrected chi connectivity index (χ0v) is 9.91. The van der Waals surface area contributed by atoms with Gasteiger partial charge in [0, 0.05) is 29.3 Å². The van der Waals surface area contributed by atoms with Crippen molar-refractivity contribution in [3.05, 3.63) is 29.9 Å². The van der Waals surface area contributed by atoms with Crippen LogP contribution in [0.4, 0.5) is 5.13 Å². The molecule has 0 atom stereocenters. The number of hydrogen-bond donors (Lipinski definition) is 1. The molecule has 1 saturated carbocycles. The van der Waals surface area contributed by atoms with Crippen molar-refractivity contribution in [1.29, 1.82) is 0 Å². The Balaban J connectivity index is 1.76. The van der Waals surface area contributed by atoms with Crippen molar-refractivity contribution < 1.29 is 4.79 Å². The lowest BCUT2D eigenvalue weighted by molar-refractivity contribution is -0.117. The number of carbonyl (C=O) groups is 1. The van der Waals surface area contributed by atoms with Gasteiger partial charge in [-0.25, -0.2) is 4.98 Å². The van der Waals surface area contributed by atoms with Crippen LogP contribution in [0, 0.1) is 5.92 Å². The fourth-order valence-corrected chi connectivity index (χ4v) is 2.26. The maximum Gasteiger partial charge on any atom is 0.229 e. The highest BCUT2D eigenvalue weighted by Gasteiger charge is 2.30. The van der Waals surface area contributed by atoms with Crippen molar-refractivity contribution in [2.45, 2.75) is 12.8 Å². The SMILES string of the molecule is O=C(Nc1nc(-c2ccncc2)cs1)C1CC1. The molecule has 17 heavy (non-hydrogen) atoms. The first-order valence-electron chi connectivity index (χ1n) is 5.50. The highest BCUT2D eigenvalue weighted by molar-refractivity contribution is 7.14. The molecule has 1 aliphatic rings. The van der Waals surface area contributed by atoms with Crippen LogP contribution in [0.5, 0.6) is 0 Å². The van der Waals surface area contributed by atoms with E-state index in [0.29, 0.717) is 5.13 Å². The summed E-state index contributed by atoms with van der Waals surface area (Å²) in [5, 5.41) is 5.46. The molecule has 1 fully saturated rings. The van der Waals surface area contributed by atoms with Gasteiger partial charge in [0.1, 0.15) is 0 Å². The number of carbonyl (C=O) groups excluding carboxylic acids is 1. The van der Waals surface area contributed by atoms with Crippen LogP contribution in [0.25, 0.3) is 11.3 Å². The van der Waals surface area contributed by atoms with Crippen LogP contribution in [0.2, 0.25) is 0 Å². The summed E-state index contributed by atoms with van der Waals surface area (Å²) in [6, 6.07) is 3.81. The van der Waals surface area contributed by atoms with Crippen molar-refractivity contribution in [2.24, 2.45) is 5.92 Å². The molecule has 86 valence electrons. The van der Waals surface area contributed by atoms with Crippen molar-refractivity contribution in [3.63, 3.8) is 0 Å². The number of hydrogen-bond acceptors (Lipinski definition) is 4. The predicted octanol–water partition coefficient (Wildman–Crippen LogP) is 2.55. The Bertz CT molecular complexity index is 534. The second-order valence-electron chi connectivity index (χ2n) is 4.04. The number of anilines is 1. The molecule has 1 aliphatic carbocycles. The van der Waals surface area contributed by atoms with Gasteiger partial charge in [-0.15, -0.1) is 11.3 Å². The van der Waals surface area contributed by atoms with E-state index in [4.69, 9.17) is 0 Å². The fraction of sp³-hybridized carbons (Fsp3) is 0.250. The van der Waals surface area contributed by atoms with E-state index in [2.05, 4.69) is 15.3 Å². The summed E-state index contributed by atoms with van der Waals surface area (Å²) < 4.78 is 0. The second-order valence-corrected chi connectivity index (χ2v) is 4.90. The van der Waals surface area contributed by atoms with Crippen molar-refractivity contribution in [3.8, 4) is 11.3 Å². The zero-order chi connectivity index (χ0) is 11.7. The van der Waals surface area contributed by atoms with E-state index in [1.54, 1.807) is 12.4 Å². The average Bonchev–Trinajstić information content (AvgIpc) is 3.12. The van der Waals surface area contributed by atoms with E-state index in [9.17, 15) is 4.79 Å². The minimum absolute atomic E-state index is 0.0978. The Morgan fingerprint density at radius 2 is 2.12 bits per heavy atom. The molecule has 0 aromatic carbocycles. The number of rotatable bonds is 3. The lowest BCUT2D eigenvalue weighted by Crippen LogP contribution is -2.12. The first-order valence-corrected chi connectivity index (χ1v) is 6.38. The number of aromatic nitrogens is 2. The zero-order valence-electron chi connectivity index (χ0n) is 9.09. The molecule has 0 saturated heterocycles. The molecule has 2 aromatic rings. The van der Waals surface area contributed by atoms with Gasteiger partial charge in [-0.05, 0) is 25.0 Å². The molecule has 1 amide bonds. The van der Waals surface area contributed by atoms with E-state index < -0.39 is 0 Å². The average molecular weight is 245 g/mol. The summed E-state index contributed by atoms with van der Waals surface area (Å²) in [6.07, 6.45) is 5.48. The Hall–Kier alpha value is -1.75. The minimum atomic E-state index is 0.0978. The van der Waals surface area contributed by atoms with Gasteiger partial charge in [0.05, 0.1) is 5.69 Å². The summed E-state index contributed by atoms with van der Waals surface area (Å²) in [6.45, 7) is 0. The highest BCUT2D eigenvalue weighted by atomic mass is 32.1. The van der Waals surface area contributed by atoms with Crippen LogP contribution >= 0.6 is 11.3 Å². The second kappa shape index (κ2) is 4.25. The molecule has 0 aliphatic heterocycles. The molecule has 2 aromatic heterocycles. The lowest BCUT2D eigenvalue weighted by atomic mass is 10.2. The smallest absolute Gasteiger partial charge is 0.229 e. The first kappa shape index (κ1) is 10.4. The van der Waals surface area contributed by atoms with Crippen LogP contribution < -0.4 is 5.32 Å². The van der Waals surface area contributed by atoms with Gasteiger partial charge < -0.3 is 5.32 Å². The summed E-state index contributed by atoms with van der Waals surface area (Å²) in [5.41, 5.74) is 1.90. The number of amides is 1. The molecular weight excluding hydrogens is 234 g/mol. The number of pyridine rings is 1. The Labute approximate surface area is 103 Å². The van der Waals surface area contributed by atoms with Crippen molar-refractivity contribution in [2.75, 3.05) is 5.32 Å². The van der Waals surface area contributed by atoms with E-state index >= 15 is 0 Å². The Morgan fingerprint density at radius 1 is 1.35 bits per heavy atom. The van der Waals surface area contributed by atoms with Gasteiger partial charge >= 0.3 is 0 Å². The molecule has 4 nitrogen and oxygen atoms in total. The quantitative estimate of drug-likeness (QED) is 0.904. The summed E-state index contributed by atoms with van der Waals surface area (Å²) >= 11 is 1.45. The first-order chi connectivity index (χ1) is 8.33. The van der Waals surface area contributed by atoms with Crippen molar-refractivity contribution in [1.82, 2.24) is 9.97 Å². The van der Waals surface area contributed by atoms with E-state index in [0.717, 1.165) is 24.1 Å². The number of nitrogens with zero attached hydrogens (tertiary/aromatic N) is 2. The molecule has 5 heteroatoms. The normalized spacial score (nSPS) is 14.6. The van der Waals surface area contributed by atoms with Gasteiger partial charge in [0.25, 0.3) is 0 Å². The van der Waals surface area contributed by atoms with E-state index in [-0.39, 0.29) is 11.8 Å². The topological polar surface area (TPSA) is 54.9 Å². The molecule has 0 radical (unpaired) electrons. The molecular formula is C12H11N3OS. The highest BCUT2D eigenvalue weighted by Crippen LogP contribution is 2.31. The standard InChI is InChI=1S/C12H11N3OS/c16-11(9-1-2-9)15-12-14-10(7-17-12)8-3-5-13-6-4-8/h3-7,9H,1-2H2,(H,14,15,16). The maximum absolute atomic E-state index is 11.6. The minimum Gasteiger partial charge on any atom is -0.302 e. The van der Waals surface area contributed by atoms with Crippen molar-refractivity contribution >= 4 is 22.4 Å². The number of thiazole rings is 1. The van der Waals surface area contributed by atoms with Gasteiger partial charge in [-0.1, -0.05) is 0 Å². The van der Waals surface area contributed by atoms with Crippen LogP contribution in [-0.2, 0) is 4.79 Å². The molecule has 0 unspecified atom stereocenters. The van der Waals surface area contributed by atoms with Crippen LogP contribution in [0.1, 0.15) is 12.8 Å². The van der Waals surface area contributed by atoms with Crippen LogP contribution in [0.3, 0.4) is 0 Å². The molecule has 0 spiro atoms. The summed E-state index contributed by atoms with van der Waals surface area (Å²) in [7, 11) is 0. The predicted molar refractivity (Wildman–Crippen MR) is 66.7 cm³/mol. The van der Waals surface area contributed by atoms with Gasteiger partial charge in [0.15, 0.2) is 5.13 Å². The maximum atomic E-state index is 11.6. The molecule has 3 rings (SSSR count). The fourth-order valence-electron chi connectivity index (χ4n) is 1.54. The third-order valence-electron chi connectivity index (χ3n) is 2.66. The Morgan fingerprint density at radius 3 is 2.82 bits per heavy atom. The molecule has 0 bridgehead atoms. The van der Waals surface area contributed by atoms with Gasteiger partial charge in [0.2, 0.25) is 5.91 Å². The lowest BCUT2D eigenvalue weighted by Gasteiger charge is -1.98. The third-order valence-corrected chi connectivity index (χ3v) is 3.42. The Kier molecular flexibility index (Phi) is 2.60. The summed E-state index contributed by atoms with van der Waals surface area (Å²) in [5.74, 6) is 0.309. The van der Waals surface area contributed by atoms with Gasteiger partial charge in [-0.2, -0.15) is 0 Å². The van der Waals surface area contributed by atoms with Crippen LogP contribution in [-0.4, -0.2) is 15.9 Å². The monoisotopic (exact) mass is 245 g/mol. The summed E-state index contributed by atoms with van der Waals surface area (Å²) in [4.78, 5) is 19.9. The van der Waals surface area contributed by atoms with Crippen LogP contribution in [0.15, 0.2) is 29.9 Å². The van der Waals surface area contributed by atoms with E-state index in [1.807, 2.05) is 17.5 Å². The largest absolute Gasteiger partial charge is 0.302 e. The molecule has 2 heterocycles. The van der Waals surface area contributed by atoms with E-state index in [1.165, 1.54) is 11.3 Å². The van der Waals surface area contributed by atoms with Gasteiger partial charge in [-0.3, -0.25) is 9.78 Å².